The van der Waals surface area contributed by atoms with Gasteiger partial charge in [-0.1, -0.05) is 27.2 Å². The number of allylic oxidation sites excluding steroid dienone is 3. The molecular weight excluding hydrogens is 209 g/mol. The smallest absolute Gasteiger partial charge is 0 e. The molecule has 1 radical (unpaired) electrons. The summed E-state index contributed by atoms with van der Waals surface area (Å²) in [5.41, 5.74) is 2.93. The fraction of sp³-hybridized carbons (Fsp3) is 0.600. The Hall–Kier alpha value is 0.584. The molecule has 0 bridgehead atoms. The van der Waals surface area contributed by atoms with E-state index < -0.39 is 0 Å². The van der Waals surface area contributed by atoms with Crippen molar-refractivity contribution in [3.8, 4) is 0 Å². The van der Waals surface area contributed by atoms with Crippen LogP contribution in [0.15, 0.2) is 17.7 Å². The van der Waals surface area contributed by atoms with Crippen molar-refractivity contribution in [3.05, 3.63) is 23.8 Å². The molecule has 1 rings (SSSR count). The van der Waals surface area contributed by atoms with Crippen LogP contribution in [0, 0.1) is 11.5 Å². The first-order valence-corrected chi connectivity index (χ1v) is 3.77. The standard InChI is InChI=1S/C10H15.Y/c1-8-5-9(2)7-10(3,4)6-8;/h1,6-7H2,2-4H3;/q-1;. The monoisotopic (exact) mass is 224 g/mol. The summed E-state index contributed by atoms with van der Waals surface area (Å²) in [6.45, 7) is 10.6. The molecule has 0 saturated heterocycles. The third kappa shape index (κ3) is 3.67. The predicted molar refractivity (Wildman–Crippen MR) is 44.6 cm³/mol. The van der Waals surface area contributed by atoms with E-state index in [1.54, 1.807) is 0 Å². The summed E-state index contributed by atoms with van der Waals surface area (Å²) in [6.07, 6.45) is 5.53. The first-order valence-electron chi connectivity index (χ1n) is 3.77. The summed E-state index contributed by atoms with van der Waals surface area (Å²) in [5.74, 6) is 0. The second-order valence-electron chi connectivity index (χ2n) is 4.03. The molecular formula is C10H15Y-. The van der Waals surface area contributed by atoms with Crippen LogP contribution in [0.2, 0.25) is 0 Å². The molecule has 0 unspecified atom stereocenters. The summed E-state index contributed by atoms with van der Waals surface area (Å²) in [7, 11) is 0. The van der Waals surface area contributed by atoms with Gasteiger partial charge in [0.05, 0.1) is 0 Å². The average Bonchev–Trinajstić information content (AvgIpc) is 1.54. The molecule has 0 amide bonds. The maximum Gasteiger partial charge on any atom is 0 e. The van der Waals surface area contributed by atoms with Crippen molar-refractivity contribution in [3.63, 3.8) is 0 Å². The van der Waals surface area contributed by atoms with Gasteiger partial charge in [0.1, 0.15) is 0 Å². The predicted octanol–water partition coefficient (Wildman–Crippen LogP) is 3.11. The summed E-state index contributed by atoms with van der Waals surface area (Å²) in [5, 5.41) is 0. The fourth-order valence-electron chi connectivity index (χ4n) is 1.75. The molecule has 59 valence electrons. The maximum absolute atomic E-state index is 3.93. The van der Waals surface area contributed by atoms with Gasteiger partial charge in [0.2, 0.25) is 0 Å². The van der Waals surface area contributed by atoms with Gasteiger partial charge >= 0.3 is 0 Å². The Kier molecular flexibility index (Phi) is 4.22. The van der Waals surface area contributed by atoms with Crippen molar-refractivity contribution in [2.45, 2.75) is 33.6 Å². The molecule has 11 heavy (non-hydrogen) atoms. The Balaban J connectivity index is 0.000001000. The Morgan fingerprint density at radius 3 is 2.27 bits per heavy atom. The van der Waals surface area contributed by atoms with E-state index in [1.807, 2.05) is 0 Å². The molecule has 0 aromatic heterocycles. The molecule has 0 heterocycles. The minimum atomic E-state index is 0. The largest absolute Gasteiger partial charge is 0.249 e. The van der Waals surface area contributed by atoms with Gasteiger partial charge in [-0.2, -0.15) is 5.57 Å². The van der Waals surface area contributed by atoms with Crippen molar-refractivity contribution in [2.24, 2.45) is 5.41 Å². The molecule has 0 saturated carbocycles. The number of hydrogen-bond acceptors (Lipinski definition) is 0. The summed E-state index contributed by atoms with van der Waals surface area (Å²) < 4.78 is 0. The van der Waals surface area contributed by atoms with Crippen molar-refractivity contribution in [1.29, 1.82) is 0 Å². The van der Waals surface area contributed by atoms with Gasteiger partial charge in [-0.25, -0.2) is 18.2 Å². The normalized spacial score (nSPS) is 22.1. The van der Waals surface area contributed by atoms with Crippen molar-refractivity contribution < 1.29 is 32.7 Å². The summed E-state index contributed by atoms with van der Waals surface area (Å²) in [4.78, 5) is 0. The van der Waals surface area contributed by atoms with Crippen LogP contribution >= 0.6 is 0 Å². The molecule has 0 aromatic rings. The molecule has 0 atom stereocenters. The first kappa shape index (κ1) is 11.6. The average molecular weight is 224 g/mol. The van der Waals surface area contributed by atoms with E-state index in [4.69, 9.17) is 0 Å². The van der Waals surface area contributed by atoms with E-state index in [2.05, 4.69) is 33.4 Å². The molecule has 1 aliphatic carbocycles. The minimum absolute atomic E-state index is 0. The Morgan fingerprint density at radius 1 is 1.36 bits per heavy atom. The topological polar surface area (TPSA) is 0 Å². The van der Waals surface area contributed by atoms with Gasteiger partial charge in [0, 0.05) is 32.7 Å². The Morgan fingerprint density at radius 2 is 1.91 bits per heavy atom. The molecule has 0 aliphatic heterocycles. The van der Waals surface area contributed by atoms with Gasteiger partial charge in [-0.15, -0.1) is 0 Å². The van der Waals surface area contributed by atoms with Crippen LogP contribution in [-0.4, -0.2) is 0 Å². The van der Waals surface area contributed by atoms with Crippen LogP contribution < -0.4 is 0 Å². The van der Waals surface area contributed by atoms with Gasteiger partial charge in [-0.05, 0) is 11.8 Å². The van der Waals surface area contributed by atoms with Gasteiger partial charge < -0.3 is 0 Å². The van der Waals surface area contributed by atoms with Gasteiger partial charge in [0.15, 0.2) is 0 Å². The van der Waals surface area contributed by atoms with Crippen molar-refractivity contribution in [1.82, 2.24) is 0 Å². The number of hydrogen-bond donors (Lipinski definition) is 0. The molecule has 0 nitrogen and oxygen atoms in total. The van der Waals surface area contributed by atoms with Crippen LogP contribution in [0.5, 0.6) is 0 Å². The van der Waals surface area contributed by atoms with E-state index in [1.165, 1.54) is 12.0 Å². The quantitative estimate of drug-likeness (QED) is 0.554. The van der Waals surface area contributed by atoms with E-state index in [0.29, 0.717) is 5.41 Å². The van der Waals surface area contributed by atoms with E-state index in [0.717, 1.165) is 12.0 Å². The zero-order valence-electron chi connectivity index (χ0n) is 7.70. The first-order chi connectivity index (χ1) is 4.49. The van der Waals surface area contributed by atoms with Crippen LogP contribution in [0.25, 0.3) is 0 Å². The van der Waals surface area contributed by atoms with Gasteiger partial charge in [-0.3, -0.25) is 0 Å². The Bertz CT molecular complexity index is 187. The van der Waals surface area contributed by atoms with Crippen LogP contribution in [0.4, 0.5) is 0 Å². The summed E-state index contributed by atoms with van der Waals surface area (Å²) in [6, 6.07) is 0. The molecule has 0 aromatic carbocycles. The van der Waals surface area contributed by atoms with E-state index >= 15 is 0 Å². The third-order valence-corrected chi connectivity index (χ3v) is 1.83. The molecule has 0 N–H and O–H groups in total. The molecule has 0 spiro atoms. The molecule has 1 heteroatoms. The SMILES string of the molecule is C=C1[C-]=C(C)CC(C)(C)C1.[Y]. The van der Waals surface area contributed by atoms with Gasteiger partial charge in [0.25, 0.3) is 0 Å². The molecule has 0 fully saturated rings. The zero-order valence-corrected chi connectivity index (χ0v) is 10.5. The van der Waals surface area contributed by atoms with E-state index in [-0.39, 0.29) is 32.7 Å². The second kappa shape index (κ2) is 4.00. The second-order valence-corrected chi connectivity index (χ2v) is 4.03. The van der Waals surface area contributed by atoms with Crippen LogP contribution in [0.1, 0.15) is 33.6 Å². The van der Waals surface area contributed by atoms with Crippen LogP contribution in [0.3, 0.4) is 0 Å². The summed E-state index contributed by atoms with van der Waals surface area (Å²) >= 11 is 0. The third-order valence-electron chi connectivity index (χ3n) is 1.83. The number of rotatable bonds is 0. The Labute approximate surface area is 95.0 Å². The molecule has 1 aliphatic rings. The van der Waals surface area contributed by atoms with E-state index in [9.17, 15) is 0 Å². The minimum Gasteiger partial charge on any atom is -0.249 e. The van der Waals surface area contributed by atoms with Crippen molar-refractivity contribution in [2.75, 3.05) is 0 Å². The van der Waals surface area contributed by atoms with Crippen LogP contribution in [-0.2, 0) is 32.7 Å². The maximum atomic E-state index is 3.93. The van der Waals surface area contributed by atoms with Crippen molar-refractivity contribution >= 4 is 0 Å². The fourth-order valence-corrected chi connectivity index (χ4v) is 1.75. The zero-order chi connectivity index (χ0) is 7.78.